The number of halogens is 3. The van der Waals surface area contributed by atoms with Gasteiger partial charge in [-0.25, -0.2) is 8.42 Å². The standard InChI is InChI=1S/C13H14BrCl2NO3S/c1-7-5-17(6-8(7)2)13(18)10-3-9(14)4-11(12(10)15)21(16,19)20/h3-4,7-8H,5-6H2,1-2H3. The number of amides is 1. The highest BCUT2D eigenvalue weighted by atomic mass is 79.9. The highest BCUT2D eigenvalue weighted by Gasteiger charge is 2.32. The van der Waals surface area contributed by atoms with Crippen molar-refractivity contribution in [3.05, 3.63) is 27.2 Å². The van der Waals surface area contributed by atoms with E-state index in [0.29, 0.717) is 29.4 Å². The van der Waals surface area contributed by atoms with Crippen molar-refractivity contribution in [1.82, 2.24) is 4.90 Å². The molecular formula is C13H14BrCl2NO3S. The molecule has 0 bridgehead atoms. The predicted octanol–water partition coefficient (Wildman–Crippen LogP) is 3.76. The SMILES string of the molecule is CC1CN(C(=O)c2cc(Br)cc(S(=O)(=O)Cl)c2Cl)CC1C. The van der Waals surface area contributed by atoms with Gasteiger partial charge in [0.05, 0.1) is 10.6 Å². The van der Waals surface area contributed by atoms with Gasteiger partial charge in [-0.15, -0.1) is 0 Å². The lowest BCUT2D eigenvalue weighted by molar-refractivity contribution is 0.0785. The van der Waals surface area contributed by atoms with Gasteiger partial charge in [0.1, 0.15) is 4.90 Å². The highest BCUT2D eigenvalue weighted by Crippen LogP contribution is 2.33. The van der Waals surface area contributed by atoms with E-state index >= 15 is 0 Å². The van der Waals surface area contributed by atoms with Gasteiger partial charge in [0.25, 0.3) is 15.0 Å². The fourth-order valence-corrected chi connectivity index (χ4v) is 4.54. The number of nitrogens with zero attached hydrogens (tertiary/aromatic N) is 1. The van der Waals surface area contributed by atoms with Crippen LogP contribution in [0.25, 0.3) is 0 Å². The quantitative estimate of drug-likeness (QED) is 0.692. The zero-order valence-corrected chi connectivity index (χ0v) is 15.4. The summed E-state index contributed by atoms with van der Waals surface area (Å²) in [5.74, 6) is 0.520. The van der Waals surface area contributed by atoms with Crippen LogP contribution in [0.5, 0.6) is 0 Å². The number of rotatable bonds is 2. The van der Waals surface area contributed by atoms with Gasteiger partial charge in [-0.2, -0.15) is 0 Å². The number of carbonyl (C=O) groups is 1. The van der Waals surface area contributed by atoms with Crippen LogP contribution in [0.2, 0.25) is 5.02 Å². The number of hydrogen-bond acceptors (Lipinski definition) is 3. The number of hydrogen-bond donors (Lipinski definition) is 0. The van der Waals surface area contributed by atoms with Crippen molar-refractivity contribution in [2.24, 2.45) is 11.8 Å². The second-order valence-electron chi connectivity index (χ2n) is 5.37. The lowest BCUT2D eigenvalue weighted by Crippen LogP contribution is -2.29. The zero-order chi connectivity index (χ0) is 15.9. The smallest absolute Gasteiger partial charge is 0.262 e. The third-order valence-electron chi connectivity index (χ3n) is 3.77. The van der Waals surface area contributed by atoms with Crippen LogP contribution in [0, 0.1) is 11.8 Å². The molecule has 8 heteroatoms. The van der Waals surface area contributed by atoms with Gasteiger partial charge in [0.2, 0.25) is 0 Å². The molecule has 1 aromatic rings. The van der Waals surface area contributed by atoms with E-state index in [4.69, 9.17) is 22.3 Å². The minimum Gasteiger partial charge on any atom is -0.338 e. The maximum Gasteiger partial charge on any atom is 0.262 e. The predicted molar refractivity (Wildman–Crippen MR) is 86.4 cm³/mol. The third-order valence-corrected chi connectivity index (χ3v) is 6.10. The number of carbonyl (C=O) groups excluding carboxylic acids is 1. The second-order valence-corrected chi connectivity index (χ2v) is 9.20. The monoisotopic (exact) mass is 413 g/mol. The lowest BCUT2D eigenvalue weighted by atomic mass is 10.0. The van der Waals surface area contributed by atoms with E-state index in [1.54, 1.807) is 4.90 Å². The van der Waals surface area contributed by atoms with Crippen LogP contribution >= 0.6 is 38.2 Å². The lowest BCUT2D eigenvalue weighted by Gasteiger charge is -2.18. The van der Waals surface area contributed by atoms with Gasteiger partial charge in [-0.3, -0.25) is 4.79 Å². The fraction of sp³-hybridized carbons (Fsp3) is 0.462. The first-order valence-corrected chi connectivity index (χ1v) is 9.82. The molecule has 1 saturated heterocycles. The average Bonchev–Trinajstić information content (AvgIpc) is 2.70. The molecular weight excluding hydrogens is 401 g/mol. The Balaban J connectivity index is 2.45. The van der Waals surface area contributed by atoms with Crippen molar-refractivity contribution in [1.29, 1.82) is 0 Å². The summed E-state index contributed by atoms with van der Waals surface area (Å²) in [6.07, 6.45) is 0. The largest absolute Gasteiger partial charge is 0.338 e. The van der Waals surface area contributed by atoms with Crippen LogP contribution in [0.15, 0.2) is 21.5 Å². The molecule has 2 atom stereocenters. The third kappa shape index (κ3) is 3.55. The first kappa shape index (κ1) is 17.1. The van der Waals surface area contributed by atoms with Crippen molar-refractivity contribution < 1.29 is 13.2 Å². The summed E-state index contributed by atoms with van der Waals surface area (Å²) in [6.45, 7) is 5.42. The van der Waals surface area contributed by atoms with E-state index in [1.165, 1.54) is 12.1 Å². The fourth-order valence-electron chi connectivity index (χ4n) is 2.36. The van der Waals surface area contributed by atoms with Crippen molar-refractivity contribution >= 4 is 53.2 Å². The molecule has 0 N–H and O–H groups in total. The van der Waals surface area contributed by atoms with E-state index in [2.05, 4.69) is 29.8 Å². The van der Waals surface area contributed by atoms with Crippen molar-refractivity contribution in [2.45, 2.75) is 18.7 Å². The summed E-state index contributed by atoms with van der Waals surface area (Å²) >= 11 is 9.27. The van der Waals surface area contributed by atoms with E-state index in [1.807, 2.05) is 0 Å². The number of likely N-dealkylation sites (tertiary alicyclic amines) is 1. The summed E-state index contributed by atoms with van der Waals surface area (Å²) in [4.78, 5) is 14.0. The van der Waals surface area contributed by atoms with Crippen LogP contribution < -0.4 is 0 Å². The maximum atomic E-state index is 12.6. The molecule has 0 spiro atoms. The van der Waals surface area contributed by atoms with Crippen LogP contribution in [-0.4, -0.2) is 32.3 Å². The minimum atomic E-state index is -4.02. The molecule has 1 heterocycles. The van der Waals surface area contributed by atoms with Crippen LogP contribution in [-0.2, 0) is 9.05 Å². The summed E-state index contributed by atoms with van der Waals surface area (Å²) in [5.41, 5.74) is 0.145. The van der Waals surface area contributed by atoms with Gasteiger partial charge >= 0.3 is 0 Å². The van der Waals surface area contributed by atoms with Gasteiger partial charge in [0, 0.05) is 28.2 Å². The Morgan fingerprint density at radius 3 is 2.29 bits per heavy atom. The molecule has 1 aliphatic heterocycles. The normalized spacial score (nSPS) is 22.6. The Morgan fingerprint density at radius 1 is 1.29 bits per heavy atom. The molecule has 116 valence electrons. The molecule has 0 saturated carbocycles. The molecule has 4 nitrogen and oxygen atoms in total. The van der Waals surface area contributed by atoms with E-state index < -0.39 is 9.05 Å². The van der Waals surface area contributed by atoms with Crippen molar-refractivity contribution in [3.63, 3.8) is 0 Å². The molecule has 2 rings (SSSR count). The molecule has 0 aromatic heterocycles. The molecule has 1 amide bonds. The minimum absolute atomic E-state index is 0.134. The Labute approximate surface area is 142 Å². The van der Waals surface area contributed by atoms with Gasteiger partial charge in [0.15, 0.2) is 0 Å². The topological polar surface area (TPSA) is 54.5 Å². The van der Waals surface area contributed by atoms with E-state index in [-0.39, 0.29) is 21.4 Å². The van der Waals surface area contributed by atoms with E-state index in [0.717, 1.165) is 0 Å². The van der Waals surface area contributed by atoms with Gasteiger partial charge < -0.3 is 4.90 Å². The second kappa shape index (κ2) is 6.07. The molecule has 0 radical (unpaired) electrons. The first-order valence-electron chi connectivity index (χ1n) is 6.34. The summed E-state index contributed by atoms with van der Waals surface area (Å²) in [6, 6.07) is 2.81. The van der Waals surface area contributed by atoms with Crippen LogP contribution in [0.1, 0.15) is 24.2 Å². The number of benzene rings is 1. The molecule has 2 unspecified atom stereocenters. The molecule has 21 heavy (non-hydrogen) atoms. The summed E-state index contributed by atoms with van der Waals surface area (Å²) in [7, 11) is 1.34. The first-order chi connectivity index (χ1) is 9.61. The Morgan fingerprint density at radius 2 is 1.81 bits per heavy atom. The maximum absolute atomic E-state index is 12.6. The summed E-state index contributed by atoms with van der Waals surface area (Å²) in [5, 5.41) is -0.134. The van der Waals surface area contributed by atoms with Crippen molar-refractivity contribution in [3.8, 4) is 0 Å². The summed E-state index contributed by atoms with van der Waals surface area (Å²) < 4.78 is 23.5. The van der Waals surface area contributed by atoms with Gasteiger partial charge in [-0.05, 0) is 24.0 Å². The zero-order valence-electron chi connectivity index (χ0n) is 11.4. The Hall–Kier alpha value is -0.300. The van der Waals surface area contributed by atoms with Crippen LogP contribution in [0.4, 0.5) is 0 Å². The van der Waals surface area contributed by atoms with E-state index in [9.17, 15) is 13.2 Å². The van der Waals surface area contributed by atoms with Gasteiger partial charge in [-0.1, -0.05) is 41.4 Å². The molecule has 0 aliphatic carbocycles. The highest BCUT2D eigenvalue weighted by molar-refractivity contribution is 9.10. The molecule has 1 aromatic carbocycles. The Bertz CT molecular complexity index is 683. The molecule has 1 fully saturated rings. The average molecular weight is 415 g/mol. The molecule has 1 aliphatic rings. The van der Waals surface area contributed by atoms with Crippen LogP contribution in [0.3, 0.4) is 0 Å². The Kier molecular flexibility index (Phi) is 4.93. The van der Waals surface area contributed by atoms with Crippen molar-refractivity contribution in [2.75, 3.05) is 13.1 Å².